The monoisotopic (exact) mass is 391 g/mol. The summed E-state index contributed by atoms with van der Waals surface area (Å²) in [5.74, 6) is -1.23. The molecule has 0 spiro atoms. The molecule has 2 aromatic carbocycles. The molecule has 7 nitrogen and oxygen atoms in total. The van der Waals surface area contributed by atoms with Crippen molar-refractivity contribution >= 4 is 12.1 Å². The Balaban J connectivity index is 1.54. The van der Waals surface area contributed by atoms with E-state index in [9.17, 15) is 14.7 Å². The summed E-state index contributed by atoms with van der Waals surface area (Å²) in [6.45, 7) is 0.134. The molecule has 1 aliphatic rings. The first-order valence-corrected chi connectivity index (χ1v) is 9.26. The molecule has 0 aliphatic heterocycles. The van der Waals surface area contributed by atoms with Crippen molar-refractivity contribution in [2.45, 2.75) is 12.0 Å². The lowest BCUT2D eigenvalue weighted by Gasteiger charge is -2.25. The Kier molecular flexibility index (Phi) is 4.80. The summed E-state index contributed by atoms with van der Waals surface area (Å²) < 4.78 is 7.14. The van der Waals surface area contributed by atoms with E-state index in [0.717, 1.165) is 27.2 Å². The number of ether oxygens (including phenoxy) is 1. The zero-order valence-electron chi connectivity index (χ0n) is 16.1. The number of likely N-dealkylation sites (N-methyl/N-ethyl adjacent to an activating group) is 1. The molecule has 0 saturated carbocycles. The summed E-state index contributed by atoms with van der Waals surface area (Å²) in [5.41, 5.74) is 4.87. The minimum Gasteiger partial charge on any atom is -0.479 e. The molecule has 1 aliphatic carbocycles. The van der Waals surface area contributed by atoms with E-state index >= 15 is 0 Å². The van der Waals surface area contributed by atoms with E-state index in [1.807, 2.05) is 36.4 Å². The highest BCUT2D eigenvalue weighted by atomic mass is 16.6. The molecule has 29 heavy (non-hydrogen) atoms. The fourth-order valence-corrected chi connectivity index (χ4v) is 3.92. The van der Waals surface area contributed by atoms with E-state index in [2.05, 4.69) is 17.1 Å². The van der Waals surface area contributed by atoms with Crippen molar-refractivity contribution in [1.29, 1.82) is 0 Å². The van der Waals surface area contributed by atoms with Gasteiger partial charge in [-0.3, -0.25) is 4.90 Å². The van der Waals surface area contributed by atoms with Gasteiger partial charge in [0.05, 0.1) is 18.2 Å². The van der Waals surface area contributed by atoms with Crippen molar-refractivity contribution < 1.29 is 19.4 Å². The van der Waals surface area contributed by atoms with Crippen LogP contribution in [0.1, 0.15) is 28.8 Å². The topological polar surface area (TPSA) is 84.7 Å². The lowest BCUT2D eigenvalue weighted by atomic mass is 9.98. The predicted molar refractivity (Wildman–Crippen MR) is 106 cm³/mol. The molecule has 1 heterocycles. The van der Waals surface area contributed by atoms with Crippen molar-refractivity contribution in [2.75, 3.05) is 13.7 Å². The number of aromatic nitrogens is 2. The molecule has 1 unspecified atom stereocenters. The third kappa shape index (κ3) is 3.24. The molecule has 1 atom stereocenters. The van der Waals surface area contributed by atoms with E-state index in [1.165, 1.54) is 19.6 Å². The Morgan fingerprint density at radius 1 is 1.14 bits per heavy atom. The Morgan fingerprint density at radius 2 is 1.72 bits per heavy atom. The van der Waals surface area contributed by atoms with Gasteiger partial charge in [0.2, 0.25) is 0 Å². The molecule has 148 valence electrons. The average molecular weight is 391 g/mol. The molecule has 0 saturated heterocycles. The van der Waals surface area contributed by atoms with Gasteiger partial charge < -0.3 is 14.4 Å². The highest BCUT2D eigenvalue weighted by Gasteiger charge is 2.33. The number of nitrogens with zero attached hydrogens (tertiary/aromatic N) is 3. The molecule has 3 aromatic rings. The van der Waals surface area contributed by atoms with Crippen molar-refractivity contribution in [3.05, 3.63) is 77.9 Å². The number of carbonyl (C=O) groups excluding carboxylic acids is 1. The Labute approximate surface area is 168 Å². The summed E-state index contributed by atoms with van der Waals surface area (Å²) in [4.78, 5) is 29.5. The van der Waals surface area contributed by atoms with Gasteiger partial charge in [-0.15, -0.1) is 0 Å². The Hall–Kier alpha value is -3.61. The number of carboxylic acid groups (broad SMARTS) is 1. The number of amides is 1. The van der Waals surface area contributed by atoms with E-state index in [-0.39, 0.29) is 12.5 Å². The molecule has 1 amide bonds. The molecule has 7 heteroatoms. The fraction of sp³-hybridized carbons (Fsp3) is 0.227. The predicted octanol–water partition coefficient (Wildman–Crippen LogP) is 3.43. The van der Waals surface area contributed by atoms with Gasteiger partial charge in [0.25, 0.3) is 0 Å². The zero-order valence-corrected chi connectivity index (χ0v) is 16.1. The Morgan fingerprint density at radius 3 is 2.24 bits per heavy atom. The molecule has 4 rings (SSSR count). The van der Waals surface area contributed by atoms with Crippen molar-refractivity contribution in [2.24, 2.45) is 7.05 Å². The van der Waals surface area contributed by atoms with Gasteiger partial charge in [0.1, 0.15) is 6.61 Å². The number of aliphatic carboxylic acids is 1. The normalized spacial score (nSPS) is 13.4. The van der Waals surface area contributed by atoms with Crippen LogP contribution in [0, 0.1) is 0 Å². The van der Waals surface area contributed by atoms with Crippen LogP contribution >= 0.6 is 0 Å². The standard InChI is InChI=1S/C22H21N3O4/c1-24-13-23-11-19(24)20(21(26)27)25(2)22(28)29-12-18-16-9-5-3-7-14(16)15-8-4-6-10-17(15)18/h3-11,13,18,20H,12H2,1-2H3,(H,26,27). The SMILES string of the molecule is CN(C(=O)OCC1c2ccccc2-c2ccccc21)C(C(=O)O)c1cncn1C. The van der Waals surface area contributed by atoms with Crippen LogP contribution in [0.15, 0.2) is 61.1 Å². The maximum absolute atomic E-state index is 12.7. The largest absolute Gasteiger partial charge is 0.479 e. The third-order valence-corrected chi connectivity index (χ3v) is 5.38. The molecule has 0 bridgehead atoms. The first kappa shape index (κ1) is 18.7. The smallest absolute Gasteiger partial charge is 0.410 e. The summed E-state index contributed by atoms with van der Waals surface area (Å²) in [7, 11) is 3.11. The van der Waals surface area contributed by atoms with Crippen LogP contribution in [0.2, 0.25) is 0 Å². The number of hydrogen-bond donors (Lipinski definition) is 1. The quantitative estimate of drug-likeness (QED) is 0.720. The minimum absolute atomic E-state index is 0.0836. The number of aryl methyl sites for hydroxylation is 1. The van der Waals surface area contributed by atoms with Crippen molar-refractivity contribution in [3.8, 4) is 11.1 Å². The average Bonchev–Trinajstić information content (AvgIpc) is 3.27. The number of benzene rings is 2. The number of hydrogen-bond acceptors (Lipinski definition) is 4. The van der Waals surface area contributed by atoms with Crippen molar-refractivity contribution in [3.63, 3.8) is 0 Å². The van der Waals surface area contributed by atoms with Crippen LogP contribution in [0.3, 0.4) is 0 Å². The van der Waals surface area contributed by atoms with Gasteiger partial charge in [-0.2, -0.15) is 0 Å². The first-order valence-electron chi connectivity index (χ1n) is 9.26. The second kappa shape index (κ2) is 7.43. The first-order chi connectivity index (χ1) is 14.0. The van der Waals surface area contributed by atoms with Crippen LogP contribution in [0.4, 0.5) is 4.79 Å². The summed E-state index contributed by atoms with van der Waals surface area (Å²) >= 11 is 0. The molecule has 1 N–H and O–H groups in total. The number of imidazole rings is 1. The van der Waals surface area contributed by atoms with Crippen LogP contribution < -0.4 is 0 Å². The summed E-state index contributed by atoms with van der Waals surface area (Å²) in [6, 6.07) is 14.9. The minimum atomic E-state index is -1.18. The number of rotatable bonds is 5. The van der Waals surface area contributed by atoms with Crippen molar-refractivity contribution in [1.82, 2.24) is 14.5 Å². The third-order valence-electron chi connectivity index (χ3n) is 5.38. The van der Waals surface area contributed by atoms with E-state index in [0.29, 0.717) is 5.69 Å². The molecular weight excluding hydrogens is 370 g/mol. The maximum atomic E-state index is 12.7. The van der Waals surface area contributed by atoms with Crippen LogP contribution in [0.25, 0.3) is 11.1 Å². The zero-order chi connectivity index (χ0) is 20.5. The molecule has 1 aromatic heterocycles. The number of carboxylic acids is 1. The summed E-state index contributed by atoms with van der Waals surface area (Å²) in [5, 5.41) is 9.64. The lowest BCUT2D eigenvalue weighted by Crippen LogP contribution is -2.37. The van der Waals surface area contributed by atoms with Crippen LogP contribution in [-0.4, -0.2) is 45.3 Å². The molecular formula is C22H21N3O4. The van der Waals surface area contributed by atoms with Gasteiger partial charge >= 0.3 is 12.1 Å². The van der Waals surface area contributed by atoms with Gasteiger partial charge in [0.15, 0.2) is 6.04 Å². The highest BCUT2D eigenvalue weighted by Crippen LogP contribution is 2.44. The van der Waals surface area contributed by atoms with Gasteiger partial charge in [-0.1, -0.05) is 48.5 Å². The molecule has 0 fully saturated rings. The van der Waals surface area contributed by atoms with Gasteiger partial charge in [0, 0.05) is 20.0 Å². The van der Waals surface area contributed by atoms with E-state index in [1.54, 1.807) is 11.6 Å². The number of carbonyl (C=O) groups is 2. The second-order valence-corrected chi connectivity index (χ2v) is 7.09. The summed E-state index contributed by atoms with van der Waals surface area (Å²) in [6.07, 6.45) is 2.24. The van der Waals surface area contributed by atoms with E-state index < -0.39 is 18.1 Å². The van der Waals surface area contributed by atoms with Crippen LogP contribution in [-0.2, 0) is 16.6 Å². The Bertz CT molecular complexity index is 1030. The van der Waals surface area contributed by atoms with E-state index in [4.69, 9.17) is 4.74 Å². The highest BCUT2D eigenvalue weighted by molar-refractivity contribution is 5.81. The lowest BCUT2D eigenvalue weighted by molar-refractivity contribution is -0.142. The van der Waals surface area contributed by atoms with Gasteiger partial charge in [-0.25, -0.2) is 14.6 Å². The maximum Gasteiger partial charge on any atom is 0.410 e. The van der Waals surface area contributed by atoms with Gasteiger partial charge in [-0.05, 0) is 22.3 Å². The number of fused-ring (bicyclic) bond motifs is 3. The second-order valence-electron chi connectivity index (χ2n) is 7.09. The fourth-order valence-electron chi connectivity index (χ4n) is 3.92. The van der Waals surface area contributed by atoms with Crippen LogP contribution in [0.5, 0.6) is 0 Å². The molecule has 0 radical (unpaired) electrons.